The highest BCUT2D eigenvalue weighted by Gasteiger charge is 2.31. The van der Waals surface area contributed by atoms with E-state index in [1.165, 1.54) is 19.1 Å². The van der Waals surface area contributed by atoms with Crippen LogP contribution in [0.15, 0.2) is 35.4 Å². The Labute approximate surface area is 145 Å². The van der Waals surface area contributed by atoms with Crippen molar-refractivity contribution in [2.75, 3.05) is 20.8 Å². The minimum Gasteiger partial charge on any atom is -0.469 e. The molecule has 0 saturated carbocycles. The van der Waals surface area contributed by atoms with Crippen LogP contribution in [0.1, 0.15) is 18.4 Å². The fourth-order valence-electron chi connectivity index (χ4n) is 2.23. The van der Waals surface area contributed by atoms with Crippen LogP contribution in [0.4, 0.5) is 0 Å². The van der Waals surface area contributed by atoms with Gasteiger partial charge < -0.3 is 14.4 Å². The molecule has 1 unspecified atom stereocenters. The number of benzene rings is 1. The molecule has 0 radical (unpaired) electrons. The lowest BCUT2D eigenvalue weighted by molar-refractivity contribution is -0.154. The molecule has 0 aromatic heterocycles. The Morgan fingerprint density at radius 2 is 1.88 bits per heavy atom. The van der Waals surface area contributed by atoms with Gasteiger partial charge in [-0.1, -0.05) is 35.4 Å². The van der Waals surface area contributed by atoms with Crippen molar-refractivity contribution in [1.29, 1.82) is 0 Å². The second-order valence-corrected chi connectivity index (χ2v) is 5.05. The monoisotopic (exact) mass is 348 g/mol. The first kappa shape index (κ1) is 20.0. The van der Waals surface area contributed by atoms with E-state index in [2.05, 4.69) is 14.8 Å². The number of amides is 1. The molecule has 134 valence electrons. The third kappa shape index (κ3) is 6.52. The number of ether oxygens (including phenoxy) is 2. The Balaban J connectivity index is 3.07. The summed E-state index contributed by atoms with van der Waals surface area (Å²) in [5.41, 5.74) is 9.20. The van der Waals surface area contributed by atoms with Gasteiger partial charge in [-0.3, -0.25) is 9.59 Å². The van der Waals surface area contributed by atoms with Gasteiger partial charge in [-0.2, -0.15) is 0 Å². The molecule has 0 aliphatic rings. The normalized spacial score (nSPS) is 11.0. The van der Waals surface area contributed by atoms with Crippen LogP contribution in [0.5, 0.6) is 0 Å². The second-order valence-electron chi connectivity index (χ2n) is 5.05. The summed E-state index contributed by atoms with van der Waals surface area (Å²) in [6.45, 7) is -0.323. The van der Waals surface area contributed by atoms with E-state index < -0.39 is 30.4 Å². The van der Waals surface area contributed by atoms with Gasteiger partial charge in [0.25, 0.3) is 0 Å². The molecule has 9 heteroatoms. The van der Waals surface area contributed by atoms with E-state index in [0.717, 1.165) is 5.56 Å². The van der Waals surface area contributed by atoms with Gasteiger partial charge in [0, 0.05) is 17.9 Å². The first-order valence-electron chi connectivity index (χ1n) is 7.52. The number of azide groups is 1. The van der Waals surface area contributed by atoms with E-state index in [-0.39, 0.29) is 19.4 Å². The van der Waals surface area contributed by atoms with Gasteiger partial charge in [-0.25, -0.2) is 4.79 Å². The molecule has 9 nitrogen and oxygen atoms in total. The molecule has 0 heterocycles. The summed E-state index contributed by atoms with van der Waals surface area (Å²) in [6, 6.07) is 8.01. The summed E-state index contributed by atoms with van der Waals surface area (Å²) < 4.78 is 9.34. The maximum absolute atomic E-state index is 12.4. The summed E-state index contributed by atoms with van der Waals surface area (Å²) in [7, 11) is 2.44. The smallest absolute Gasteiger partial charge is 0.328 e. The molecular weight excluding hydrogens is 328 g/mol. The average Bonchev–Trinajstić information content (AvgIpc) is 2.65. The molecule has 0 bridgehead atoms. The first-order valence-corrected chi connectivity index (χ1v) is 7.52. The van der Waals surface area contributed by atoms with Crippen molar-refractivity contribution >= 4 is 17.8 Å². The van der Waals surface area contributed by atoms with E-state index in [4.69, 9.17) is 10.3 Å². The SMILES string of the molecule is COC(=O)CCC(C(=O)OC)N(Cc1ccccc1)C(=O)CN=[N+]=[N-]. The maximum Gasteiger partial charge on any atom is 0.328 e. The van der Waals surface area contributed by atoms with Crippen molar-refractivity contribution in [2.24, 2.45) is 5.11 Å². The van der Waals surface area contributed by atoms with Gasteiger partial charge in [0.2, 0.25) is 5.91 Å². The van der Waals surface area contributed by atoms with Crippen LogP contribution in [0.2, 0.25) is 0 Å². The molecule has 1 rings (SSSR count). The number of hydrogen-bond acceptors (Lipinski definition) is 6. The molecule has 0 saturated heterocycles. The largest absolute Gasteiger partial charge is 0.469 e. The van der Waals surface area contributed by atoms with Gasteiger partial charge in [0.05, 0.1) is 14.2 Å². The molecule has 1 aromatic rings. The van der Waals surface area contributed by atoms with Gasteiger partial charge in [-0.05, 0) is 17.5 Å². The quantitative estimate of drug-likeness (QED) is 0.291. The highest BCUT2D eigenvalue weighted by Crippen LogP contribution is 2.15. The Kier molecular flexibility index (Phi) is 8.53. The number of carbonyl (C=O) groups excluding carboxylic acids is 3. The Bertz CT molecular complexity index is 643. The number of carbonyl (C=O) groups is 3. The Morgan fingerprint density at radius 1 is 1.20 bits per heavy atom. The highest BCUT2D eigenvalue weighted by molar-refractivity contribution is 5.86. The van der Waals surface area contributed by atoms with Crippen molar-refractivity contribution in [2.45, 2.75) is 25.4 Å². The lowest BCUT2D eigenvalue weighted by atomic mass is 10.1. The van der Waals surface area contributed by atoms with E-state index in [1.54, 1.807) is 24.3 Å². The molecule has 0 aliphatic heterocycles. The number of hydrogen-bond donors (Lipinski definition) is 0. The Hall–Kier alpha value is -3.06. The zero-order valence-corrected chi connectivity index (χ0v) is 14.1. The van der Waals surface area contributed by atoms with Crippen molar-refractivity contribution in [3.63, 3.8) is 0 Å². The first-order chi connectivity index (χ1) is 12.0. The Morgan fingerprint density at radius 3 is 2.44 bits per heavy atom. The van der Waals surface area contributed by atoms with Crippen LogP contribution >= 0.6 is 0 Å². The number of rotatable bonds is 9. The molecule has 0 fully saturated rings. The standard InChI is InChI=1S/C16H20N4O5/c1-24-15(22)9-8-13(16(23)25-2)20(14(21)10-18-19-17)11-12-6-4-3-5-7-12/h3-7,13H,8-11H2,1-2H3. The highest BCUT2D eigenvalue weighted by atomic mass is 16.5. The number of esters is 2. The fraction of sp³-hybridized carbons (Fsp3) is 0.438. The molecule has 0 N–H and O–H groups in total. The maximum atomic E-state index is 12.4. The molecular formula is C16H20N4O5. The van der Waals surface area contributed by atoms with E-state index in [9.17, 15) is 14.4 Å². The fourth-order valence-corrected chi connectivity index (χ4v) is 2.23. The lowest BCUT2D eigenvalue weighted by Crippen LogP contribution is -2.46. The molecule has 1 aromatic carbocycles. The average molecular weight is 348 g/mol. The molecule has 25 heavy (non-hydrogen) atoms. The zero-order chi connectivity index (χ0) is 18.7. The predicted octanol–water partition coefficient (Wildman–Crippen LogP) is 1.82. The van der Waals surface area contributed by atoms with Crippen molar-refractivity contribution in [1.82, 2.24) is 4.90 Å². The van der Waals surface area contributed by atoms with Crippen LogP contribution in [-0.4, -0.2) is 49.6 Å². The topological polar surface area (TPSA) is 122 Å². The van der Waals surface area contributed by atoms with Crippen LogP contribution in [0, 0.1) is 0 Å². The van der Waals surface area contributed by atoms with Gasteiger partial charge in [0.15, 0.2) is 0 Å². The summed E-state index contributed by atoms with van der Waals surface area (Å²) in [5.74, 6) is -1.70. The van der Waals surface area contributed by atoms with E-state index >= 15 is 0 Å². The van der Waals surface area contributed by atoms with Crippen LogP contribution < -0.4 is 0 Å². The van der Waals surface area contributed by atoms with Crippen molar-refractivity contribution in [3.8, 4) is 0 Å². The lowest BCUT2D eigenvalue weighted by Gasteiger charge is -2.29. The second kappa shape index (κ2) is 10.7. The third-order valence-corrected chi connectivity index (χ3v) is 3.48. The third-order valence-electron chi connectivity index (χ3n) is 3.48. The summed E-state index contributed by atoms with van der Waals surface area (Å²) >= 11 is 0. The minimum atomic E-state index is -0.995. The molecule has 1 amide bonds. The molecule has 1 atom stereocenters. The number of methoxy groups -OCH3 is 2. The van der Waals surface area contributed by atoms with Gasteiger partial charge in [-0.15, -0.1) is 0 Å². The van der Waals surface area contributed by atoms with Crippen molar-refractivity contribution in [3.05, 3.63) is 46.3 Å². The van der Waals surface area contributed by atoms with Gasteiger partial charge in [0.1, 0.15) is 12.6 Å². The summed E-state index contributed by atoms with van der Waals surface area (Å²) in [6.07, 6.45) is -0.0233. The van der Waals surface area contributed by atoms with Crippen LogP contribution in [0.3, 0.4) is 0 Å². The molecule has 0 spiro atoms. The number of nitrogens with zero attached hydrogens (tertiary/aromatic N) is 4. The predicted molar refractivity (Wildman–Crippen MR) is 88.1 cm³/mol. The van der Waals surface area contributed by atoms with Gasteiger partial charge >= 0.3 is 11.9 Å². The zero-order valence-electron chi connectivity index (χ0n) is 14.1. The summed E-state index contributed by atoms with van der Waals surface area (Å²) in [5, 5.41) is 3.26. The van der Waals surface area contributed by atoms with Crippen molar-refractivity contribution < 1.29 is 23.9 Å². The van der Waals surface area contributed by atoms with Crippen LogP contribution in [-0.2, 0) is 30.4 Å². The minimum absolute atomic E-state index is 0.0359. The molecule has 0 aliphatic carbocycles. The van der Waals surface area contributed by atoms with E-state index in [1.807, 2.05) is 6.07 Å². The van der Waals surface area contributed by atoms with Crippen LogP contribution in [0.25, 0.3) is 10.4 Å². The summed E-state index contributed by atoms with van der Waals surface area (Å²) in [4.78, 5) is 39.8. The van der Waals surface area contributed by atoms with E-state index in [0.29, 0.717) is 0 Å².